The number of esters is 1. The van der Waals surface area contributed by atoms with Crippen LogP contribution in [0, 0.1) is 11.6 Å². The highest BCUT2D eigenvalue weighted by Crippen LogP contribution is 2.33. The van der Waals surface area contributed by atoms with Gasteiger partial charge in [-0.3, -0.25) is 14.4 Å². The summed E-state index contributed by atoms with van der Waals surface area (Å²) < 4.78 is 31.1. The molecule has 0 saturated carbocycles. The van der Waals surface area contributed by atoms with Crippen LogP contribution < -0.4 is 5.32 Å². The van der Waals surface area contributed by atoms with Crippen LogP contribution >= 0.6 is 0 Å². The monoisotopic (exact) mass is 400 g/mol. The Kier molecular flexibility index (Phi) is 6.01. The molecule has 150 valence electrons. The third-order valence-corrected chi connectivity index (χ3v) is 4.40. The second-order valence-electron chi connectivity index (χ2n) is 6.43. The van der Waals surface area contributed by atoms with Gasteiger partial charge in [0.25, 0.3) is 5.91 Å². The lowest BCUT2D eigenvalue weighted by molar-refractivity contribution is -0.149. The number of anilines is 1. The fraction of sp³-hybridized carbons (Fsp3) is 0.190. The molecular weight excluding hydrogens is 382 g/mol. The average molecular weight is 400 g/mol. The summed E-state index contributed by atoms with van der Waals surface area (Å²) in [5, 5.41) is 2.31. The van der Waals surface area contributed by atoms with E-state index in [4.69, 9.17) is 4.74 Å². The average Bonchev–Trinajstić information content (AvgIpc) is 2.69. The number of carbonyl (C=O) groups is 3. The summed E-state index contributed by atoms with van der Waals surface area (Å²) in [7, 11) is 0. The van der Waals surface area contributed by atoms with Crippen molar-refractivity contribution in [3.8, 4) is 0 Å². The molecule has 6 nitrogen and oxygen atoms in total. The van der Waals surface area contributed by atoms with Gasteiger partial charge in [0.1, 0.15) is 0 Å². The standard InChI is InChI=1S/C21H18F2N2O4/c1-13(26)25-9-8-14-4-2-3-5-16(14)19(25)11-21(28)29-12-20(27)24-15-6-7-17(22)18(23)10-15/h2-10,19H,11-12H2,1H3,(H,24,27)/t19-/m1/s1. The van der Waals surface area contributed by atoms with E-state index in [1.165, 1.54) is 17.9 Å². The summed E-state index contributed by atoms with van der Waals surface area (Å²) in [6.45, 7) is 0.800. The highest BCUT2D eigenvalue weighted by Gasteiger charge is 2.28. The summed E-state index contributed by atoms with van der Waals surface area (Å²) in [5.74, 6) is -3.74. The summed E-state index contributed by atoms with van der Waals surface area (Å²) >= 11 is 0. The first-order chi connectivity index (χ1) is 13.8. The van der Waals surface area contributed by atoms with E-state index in [-0.39, 0.29) is 18.0 Å². The van der Waals surface area contributed by atoms with Crippen LogP contribution in [-0.2, 0) is 19.1 Å². The number of amides is 2. The van der Waals surface area contributed by atoms with Gasteiger partial charge in [-0.1, -0.05) is 24.3 Å². The molecule has 2 aromatic rings. The van der Waals surface area contributed by atoms with Gasteiger partial charge in [-0.2, -0.15) is 0 Å². The maximum Gasteiger partial charge on any atom is 0.308 e. The molecule has 0 spiro atoms. The zero-order valence-corrected chi connectivity index (χ0v) is 15.5. The topological polar surface area (TPSA) is 75.7 Å². The molecule has 0 fully saturated rings. The van der Waals surface area contributed by atoms with E-state index >= 15 is 0 Å². The van der Waals surface area contributed by atoms with Gasteiger partial charge >= 0.3 is 5.97 Å². The van der Waals surface area contributed by atoms with E-state index in [1.807, 2.05) is 24.3 Å². The Hall–Kier alpha value is -3.55. The zero-order chi connectivity index (χ0) is 21.0. The number of nitrogens with one attached hydrogen (secondary N) is 1. The van der Waals surface area contributed by atoms with Gasteiger partial charge in [-0.05, 0) is 29.3 Å². The minimum Gasteiger partial charge on any atom is -0.455 e. The summed E-state index contributed by atoms with van der Waals surface area (Å²) in [4.78, 5) is 37.5. The predicted octanol–water partition coefficient (Wildman–Crippen LogP) is 3.41. The van der Waals surface area contributed by atoms with Gasteiger partial charge < -0.3 is 15.0 Å². The number of fused-ring (bicyclic) bond motifs is 1. The molecule has 0 radical (unpaired) electrons. The number of carbonyl (C=O) groups excluding carboxylic acids is 3. The van der Waals surface area contributed by atoms with Crippen molar-refractivity contribution in [1.82, 2.24) is 4.90 Å². The highest BCUT2D eigenvalue weighted by molar-refractivity contribution is 5.92. The Bertz CT molecular complexity index is 990. The Morgan fingerprint density at radius 3 is 2.59 bits per heavy atom. The van der Waals surface area contributed by atoms with E-state index in [0.29, 0.717) is 0 Å². The smallest absolute Gasteiger partial charge is 0.308 e. The van der Waals surface area contributed by atoms with Crippen molar-refractivity contribution in [1.29, 1.82) is 0 Å². The summed E-state index contributed by atoms with van der Waals surface area (Å²) in [6.07, 6.45) is 3.26. The molecule has 8 heteroatoms. The Morgan fingerprint density at radius 2 is 1.86 bits per heavy atom. The Balaban J connectivity index is 1.60. The molecule has 0 unspecified atom stereocenters. The molecule has 2 amide bonds. The molecule has 0 saturated heterocycles. The van der Waals surface area contributed by atoms with Crippen LogP contribution in [0.3, 0.4) is 0 Å². The first kappa shape index (κ1) is 20.2. The molecular formula is C21H18F2N2O4. The minimum absolute atomic E-state index is 0.0408. The van der Waals surface area contributed by atoms with Crippen LogP contribution in [0.2, 0.25) is 0 Å². The predicted molar refractivity (Wildman–Crippen MR) is 101 cm³/mol. The summed E-state index contributed by atoms with van der Waals surface area (Å²) in [5.41, 5.74) is 1.73. The number of hydrogen-bond acceptors (Lipinski definition) is 4. The molecule has 29 heavy (non-hydrogen) atoms. The zero-order valence-electron chi connectivity index (χ0n) is 15.5. The number of hydrogen-bond donors (Lipinski definition) is 1. The number of halogens is 2. The minimum atomic E-state index is -1.10. The Labute approximate surface area is 165 Å². The van der Waals surface area contributed by atoms with Crippen molar-refractivity contribution in [2.75, 3.05) is 11.9 Å². The van der Waals surface area contributed by atoms with Crippen LogP contribution in [0.25, 0.3) is 6.08 Å². The third-order valence-electron chi connectivity index (χ3n) is 4.40. The van der Waals surface area contributed by atoms with Crippen LogP contribution in [0.5, 0.6) is 0 Å². The normalized spacial score (nSPS) is 14.9. The van der Waals surface area contributed by atoms with Gasteiger partial charge in [0.15, 0.2) is 18.2 Å². The molecule has 3 rings (SSSR count). The first-order valence-corrected chi connectivity index (χ1v) is 8.81. The SMILES string of the molecule is CC(=O)N1C=Cc2ccccc2[C@H]1CC(=O)OCC(=O)Nc1ccc(F)c(F)c1. The number of benzene rings is 2. The van der Waals surface area contributed by atoms with Crippen molar-refractivity contribution >= 4 is 29.5 Å². The van der Waals surface area contributed by atoms with E-state index in [0.717, 1.165) is 23.3 Å². The number of rotatable bonds is 5. The fourth-order valence-electron chi connectivity index (χ4n) is 3.05. The van der Waals surface area contributed by atoms with Gasteiger partial charge in [0, 0.05) is 24.9 Å². The third kappa shape index (κ3) is 4.84. The lowest BCUT2D eigenvalue weighted by atomic mass is 9.94. The van der Waals surface area contributed by atoms with Gasteiger partial charge in [0.2, 0.25) is 5.91 Å². The van der Waals surface area contributed by atoms with E-state index in [2.05, 4.69) is 5.32 Å². The van der Waals surface area contributed by atoms with E-state index in [9.17, 15) is 23.2 Å². The van der Waals surface area contributed by atoms with Gasteiger partial charge in [-0.25, -0.2) is 8.78 Å². The first-order valence-electron chi connectivity index (χ1n) is 8.81. The molecule has 0 aliphatic carbocycles. The molecule has 1 heterocycles. The van der Waals surface area contributed by atoms with Crippen molar-refractivity contribution in [2.24, 2.45) is 0 Å². The molecule has 1 aliphatic heterocycles. The number of ether oxygens (including phenoxy) is 1. The quantitative estimate of drug-likeness (QED) is 0.781. The van der Waals surface area contributed by atoms with E-state index < -0.39 is 36.2 Å². The molecule has 0 bridgehead atoms. The van der Waals surface area contributed by atoms with Crippen molar-refractivity contribution in [2.45, 2.75) is 19.4 Å². The summed E-state index contributed by atoms with van der Waals surface area (Å²) in [6, 6.07) is 9.70. The van der Waals surface area contributed by atoms with Gasteiger partial charge in [-0.15, -0.1) is 0 Å². The maximum absolute atomic E-state index is 13.2. The van der Waals surface area contributed by atoms with E-state index in [1.54, 1.807) is 12.3 Å². The van der Waals surface area contributed by atoms with Crippen LogP contribution in [-0.4, -0.2) is 29.3 Å². The lowest BCUT2D eigenvalue weighted by Gasteiger charge is -2.32. The second-order valence-corrected chi connectivity index (χ2v) is 6.43. The molecule has 0 aromatic heterocycles. The maximum atomic E-state index is 13.2. The fourth-order valence-corrected chi connectivity index (χ4v) is 3.05. The van der Waals surface area contributed by atoms with Gasteiger partial charge in [0.05, 0.1) is 12.5 Å². The van der Waals surface area contributed by atoms with Crippen molar-refractivity contribution in [3.05, 3.63) is 71.4 Å². The Morgan fingerprint density at radius 1 is 1.10 bits per heavy atom. The van der Waals surface area contributed by atoms with Crippen molar-refractivity contribution < 1.29 is 27.9 Å². The lowest BCUT2D eigenvalue weighted by Crippen LogP contribution is -2.33. The molecule has 1 atom stereocenters. The van der Waals surface area contributed by atoms with Crippen LogP contribution in [0.1, 0.15) is 30.5 Å². The molecule has 1 N–H and O–H groups in total. The number of nitrogens with zero attached hydrogens (tertiary/aromatic N) is 1. The van der Waals surface area contributed by atoms with Crippen LogP contribution in [0.15, 0.2) is 48.7 Å². The molecule has 2 aromatic carbocycles. The van der Waals surface area contributed by atoms with Crippen molar-refractivity contribution in [3.63, 3.8) is 0 Å². The second kappa shape index (κ2) is 8.64. The molecule has 1 aliphatic rings. The largest absolute Gasteiger partial charge is 0.455 e. The highest BCUT2D eigenvalue weighted by atomic mass is 19.2. The van der Waals surface area contributed by atoms with Crippen LogP contribution in [0.4, 0.5) is 14.5 Å².